The summed E-state index contributed by atoms with van der Waals surface area (Å²) in [5.74, 6) is -1.19. The molecule has 0 aliphatic carbocycles. The van der Waals surface area contributed by atoms with Crippen LogP contribution in [0.15, 0.2) is 48.5 Å². The topological polar surface area (TPSA) is 106 Å². The predicted octanol–water partition coefficient (Wildman–Crippen LogP) is 3.73. The lowest BCUT2D eigenvalue weighted by atomic mass is 10.1. The molecule has 0 saturated heterocycles. The molecular weight excluding hydrogens is 430 g/mol. The highest BCUT2D eigenvalue weighted by Crippen LogP contribution is 2.23. The molecule has 166 valence electrons. The lowest BCUT2D eigenvalue weighted by Crippen LogP contribution is -2.25. The molecule has 11 heteroatoms. The first kappa shape index (κ1) is 22.6. The van der Waals surface area contributed by atoms with Gasteiger partial charge in [-0.2, -0.15) is 10.4 Å². The van der Waals surface area contributed by atoms with Gasteiger partial charge in [-0.05, 0) is 61.4 Å². The van der Waals surface area contributed by atoms with Crippen LogP contribution in [0.25, 0.3) is 5.69 Å². The summed E-state index contributed by atoms with van der Waals surface area (Å²) in [5, 5.41) is 16.4. The van der Waals surface area contributed by atoms with Gasteiger partial charge in [-0.3, -0.25) is 4.79 Å². The molecule has 3 rings (SSSR count). The van der Waals surface area contributed by atoms with Crippen LogP contribution >= 0.6 is 0 Å². The minimum Gasteiger partial charge on any atom is -0.406 e. The van der Waals surface area contributed by atoms with Gasteiger partial charge in [-0.15, -0.1) is 13.2 Å². The largest absolute Gasteiger partial charge is 0.573 e. The van der Waals surface area contributed by atoms with Gasteiger partial charge in [-0.1, -0.05) is 0 Å². The number of anilines is 1. The zero-order chi connectivity index (χ0) is 23.3. The molecule has 0 saturated carbocycles. The van der Waals surface area contributed by atoms with Gasteiger partial charge in [-0.25, -0.2) is 9.07 Å². The van der Waals surface area contributed by atoms with E-state index in [4.69, 9.17) is 5.73 Å². The van der Waals surface area contributed by atoms with Gasteiger partial charge >= 0.3 is 6.36 Å². The number of aromatic nitrogens is 2. The Morgan fingerprint density at radius 1 is 1.16 bits per heavy atom. The van der Waals surface area contributed by atoms with Crippen molar-refractivity contribution in [3.63, 3.8) is 0 Å². The lowest BCUT2D eigenvalue weighted by Gasteiger charge is -2.09. The van der Waals surface area contributed by atoms with Crippen molar-refractivity contribution in [1.29, 1.82) is 5.26 Å². The number of ether oxygens (including phenoxy) is 1. The minimum atomic E-state index is -4.81. The number of hydrogen-bond acceptors (Lipinski definition) is 5. The molecule has 1 aromatic heterocycles. The number of rotatable bonds is 7. The van der Waals surface area contributed by atoms with Crippen LogP contribution in [-0.2, 0) is 6.42 Å². The summed E-state index contributed by atoms with van der Waals surface area (Å²) < 4.78 is 54.8. The molecule has 0 aliphatic heterocycles. The van der Waals surface area contributed by atoms with Crippen LogP contribution < -0.4 is 15.8 Å². The fourth-order valence-electron chi connectivity index (χ4n) is 2.92. The summed E-state index contributed by atoms with van der Waals surface area (Å²) in [4.78, 5) is 12.1. The van der Waals surface area contributed by atoms with Crippen molar-refractivity contribution >= 4 is 11.7 Å². The van der Waals surface area contributed by atoms with E-state index in [0.717, 1.165) is 12.1 Å². The van der Waals surface area contributed by atoms with Crippen LogP contribution in [0, 0.1) is 17.1 Å². The molecule has 1 heterocycles. The van der Waals surface area contributed by atoms with Gasteiger partial charge in [0.2, 0.25) is 0 Å². The first-order valence-corrected chi connectivity index (χ1v) is 9.35. The molecule has 1 amide bonds. The van der Waals surface area contributed by atoms with E-state index in [9.17, 15) is 27.6 Å². The maximum absolute atomic E-state index is 13.1. The molecule has 0 fully saturated rings. The van der Waals surface area contributed by atoms with Gasteiger partial charge < -0.3 is 15.8 Å². The number of aryl methyl sites for hydroxylation is 1. The number of hydrogen-bond donors (Lipinski definition) is 2. The first-order valence-electron chi connectivity index (χ1n) is 9.35. The van der Waals surface area contributed by atoms with Crippen LogP contribution in [0.3, 0.4) is 0 Å². The third kappa shape index (κ3) is 5.54. The van der Waals surface area contributed by atoms with E-state index in [1.165, 1.54) is 41.1 Å². The van der Waals surface area contributed by atoms with Crippen molar-refractivity contribution in [1.82, 2.24) is 15.1 Å². The van der Waals surface area contributed by atoms with Gasteiger partial charge in [0.1, 0.15) is 29.0 Å². The Balaban J connectivity index is 1.57. The maximum Gasteiger partial charge on any atom is 0.573 e. The van der Waals surface area contributed by atoms with E-state index in [1.54, 1.807) is 0 Å². The number of nitriles is 1. The molecule has 0 bridgehead atoms. The summed E-state index contributed by atoms with van der Waals surface area (Å²) in [6.07, 6.45) is -4.05. The summed E-state index contributed by atoms with van der Waals surface area (Å²) in [7, 11) is 0. The molecular formula is C21H17F4N5O2. The van der Waals surface area contributed by atoms with E-state index in [-0.39, 0.29) is 23.5 Å². The van der Waals surface area contributed by atoms with Crippen molar-refractivity contribution in [2.24, 2.45) is 0 Å². The Hall–Kier alpha value is -4.07. The molecule has 0 atom stereocenters. The minimum absolute atomic E-state index is 0.124. The molecule has 0 unspecified atom stereocenters. The standard InChI is InChI=1S/C21H17F4N5O2/c22-14-5-7-15(8-6-14)30-19(27)17(12-26)18(29-30)2-1-11-28-20(31)13-3-9-16(10-4-13)32-21(23,24)25/h3-10H,1-2,11,27H2,(H,28,31). The second-order valence-electron chi connectivity index (χ2n) is 6.64. The number of nitrogens with zero attached hydrogens (tertiary/aromatic N) is 3. The molecule has 3 aromatic rings. The zero-order valence-corrected chi connectivity index (χ0v) is 16.5. The molecule has 2 aromatic carbocycles. The number of carbonyl (C=O) groups is 1. The van der Waals surface area contributed by atoms with Crippen molar-refractivity contribution < 1.29 is 27.1 Å². The number of nitrogens with one attached hydrogen (secondary N) is 1. The van der Waals surface area contributed by atoms with Gasteiger partial charge in [0, 0.05) is 12.1 Å². The van der Waals surface area contributed by atoms with E-state index in [2.05, 4.69) is 15.2 Å². The molecule has 7 nitrogen and oxygen atoms in total. The fourth-order valence-corrected chi connectivity index (χ4v) is 2.92. The average Bonchev–Trinajstić information content (AvgIpc) is 3.06. The number of nitrogens with two attached hydrogens (primary N) is 1. The van der Waals surface area contributed by atoms with Crippen molar-refractivity contribution in [3.8, 4) is 17.5 Å². The fraction of sp³-hybridized carbons (Fsp3) is 0.190. The van der Waals surface area contributed by atoms with Crippen LogP contribution in [0.5, 0.6) is 5.75 Å². The van der Waals surface area contributed by atoms with E-state index < -0.39 is 23.8 Å². The Bertz CT molecular complexity index is 1130. The van der Waals surface area contributed by atoms with Gasteiger partial charge in [0.05, 0.1) is 11.4 Å². The van der Waals surface area contributed by atoms with E-state index >= 15 is 0 Å². The normalized spacial score (nSPS) is 11.1. The monoisotopic (exact) mass is 447 g/mol. The number of benzene rings is 2. The van der Waals surface area contributed by atoms with E-state index in [0.29, 0.717) is 24.2 Å². The highest BCUT2D eigenvalue weighted by atomic mass is 19.4. The quantitative estimate of drug-likeness (QED) is 0.424. The molecule has 3 N–H and O–H groups in total. The maximum atomic E-state index is 13.1. The zero-order valence-electron chi connectivity index (χ0n) is 16.5. The Labute approximate surface area is 180 Å². The Morgan fingerprint density at radius 2 is 1.81 bits per heavy atom. The van der Waals surface area contributed by atoms with Crippen LogP contribution in [0.4, 0.5) is 23.4 Å². The number of nitrogen functional groups attached to an aromatic ring is 1. The molecule has 32 heavy (non-hydrogen) atoms. The SMILES string of the molecule is N#Cc1c(CCCNC(=O)c2ccc(OC(F)(F)F)cc2)nn(-c2ccc(F)cc2)c1N. The molecule has 0 radical (unpaired) electrons. The Morgan fingerprint density at radius 3 is 2.41 bits per heavy atom. The highest BCUT2D eigenvalue weighted by Gasteiger charge is 2.31. The smallest absolute Gasteiger partial charge is 0.406 e. The highest BCUT2D eigenvalue weighted by molar-refractivity contribution is 5.94. The Kier molecular flexibility index (Phi) is 6.63. The van der Waals surface area contributed by atoms with Crippen molar-refractivity contribution in [3.05, 3.63) is 71.2 Å². The van der Waals surface area contributed by atoms with Crippen molar-refractivity contribution in [2.45, 2.75) is 19.2 Å². The predicted molar refractivity (Wildman–Crippen MR) is 106 cm³/mol. The second kappa shape index (κ2) is 9.38. The summed E-state index contributed by atoms with van der Waals surface area (Å²) in [6, 6.07) is 12.0. The molecule has 0 aliphatic rings. The van der Waals surface area contributed by atoms with Crippen molar-refractivity contribution in [2.75, 3.05) is 12.3 Å². The number of amides is 1. The van der Waals surface area contributed by atoms with Crippen LogP contribution in [0.1, 0.15) is 28.0 Å². The summed E-state index contributed by atoms with van der Waals surface area (Å²) >= 11 is 0. The lowest BCUT2D eigenvalue weighted by molar-refractivity contribution is -0.274. The first-order chi connectivity index (χ1) is 15.2. The summed E-state index contributed by atoms with van der Waals surface area (Å²) in [5.41, 5.74) is 7.29. The summed E-state index contributed by atoms with van der Waals surface area (Å²) in [6.45, 7) is 0.230. The molecule has 0 spiro atoms. The van der Waals surface area contributed by atoms with Gasteiger partial charge in [0.25, 0.3) is 5.91 Å². The van der Waals surface area contributed by atoms with Gasteiger partial charge in [0.15, 0.2) is 0 Å². The average molecular weight is 447 g/mol. The van der Waals surface area contributed by atoms with Crippen LogP contribution in [0.2, 0.25) is 0 Å². The number of halogens is 4. The van der Waals surface area contributed by atoms with Crippen LogP contribution in [-0.4, -0.2) is 28.6 Å². The number of alkyl halides is 3. The third-order valence-corrected chi connectivity index (χ3v) is 4.40. The number of carbonyl (C=O) groups excluding carboxylic acids is 1. The second-order valence-corrected chi connectivity index (χ2v) is 6.64. The third-order valence-electron chi connectivity index (χ3n) is 4.40. The van der Waals surface area contributed by atoms with E-state index in [1.807, 2.05) is 6.07 Å².